The number of benzene rings is 2. The second-order valence-corrected chi connectivity index (χ2v) is 6.41. The van der Waals surface area contributed by atoms with Crippen LogP contribution >= 0.6 is 15.9 Å². The number of hydrogen-bond donors (Lipinski definition) is 1. The molecule has 0 bridgehead atoms. The smallest absolute Gasteiger partial charge is 0.137 e. The summed E-state index contributed by atoms with van der Waals surface area (Å²) < 4.78 is 19.8. The number of rotatable bonds is 2. The van der Waals surface area contributed by atoms with Gasteiger partial charge >= 0.3 is 0 Å². The molecule has 2 atom stereocenters. The Morgan fingerprint density at radius 1 is 1.24 bits per heavy atom. The molecule has 1 aliphatic rings. The Balaban J connectivity index is 1.74. The molecule has 0 aliphatic carbocycles. The zero-order valence-electron chi connectivity index (χ0n) is 11.8. The zero-order chi connectivity index (χ0) is 14.9. The van der Waals surface area contributed by atoms with Gasteiger partial charge in [-0.2, -0.15) is 0 Å². The molecule has 1 fully saturated rings. The van der Waals surface area contributed by atoms with Crippen LogP contribution in [0.25, 0.3) is 0 Å². The SMILES string of the molecule is CC1(c2ccccc2)COC(c2ccc(F)c(Br)c2)CN1. The molecule has 3 rings (SSSR count). The molecule has 1 heterocycles. The lowest BCUT2D eigenvalue weighted by Crippen LogP contribution is -2.50. The van der Waals surface area contributed by atoms with Crippen LogP contribution in [-0.2, 0) is 10.3 Å². The van der Waals surface area contributed by atoms with Crippen molar-refractivity contribution in [3.63, 3.8) is 0 Å². The minimum Gasteiger partial charge on any atom is -0.370 e. The van der Waals surface area contributed by atoms with Crippen LogP contribution in [0.3, 0.4) is 0 Å². The van der Waals surface area contributed by atoms with E-state index in [0.717, 1.165) is 5.56 Å². The third-order valence-corrected chi connectivity index (χ3v) is 4.58. The number of nitrogens with one attached hydrogen (secondary N) is 1. The van der Waals surface area contributed by atoms with Crippen molar-refractivity contribution in [3.8, 4) is 0 Å². The topological polar surface area (TPSA) is 21.3 Å². The van der Waals surface area contributed by atoms with Gasteiger partial charge in [0, 0.05) is 6.54 Å². The van der Waals surface area contributed by atoms with E-state index in [9.17, 15) is 4.39 Å². The minimum atomic E-state index is -0.253. The van der Waals surface area contributed by atoms with Gasteiger partial charge in [0.1, 0.15) is 5.82 Å². The minimum absolute atomic E-state index is 0.0568. The molecular formula is C17H17BrFNO. The van der Waals surface area contributed by atoms with Crippen LogP contribution in [-0.4, -0.2) is 13.2 Å². The number of morpholine rings is 1. The Labute approximate surface area is 132 Å². The predicted molar refractivity (Wildman–Crippen MR) is 84.6 cm³/mol. The van der Waals surface area contributed by atoms with Crippen LogP contribution in [0.15, 0.2) is 53.0 Å². The highest BCUT2D eigenvalue weighted by Crippen LogP contribution is 2.31. The first-order valence-corrected chi connectivity index (χ1v) is 7.75. The fraction of sp³-hybridized carbons (Fsp3) is 0.294. The van der Waals surface area contributed by atoms with Gasteiger partial charge in [0.05, 0.1) is 22.7 Å². The zero-order valence-corrected chi connectivity index (χ0v) is 13.4. The highest BCUT2D eigenvalue weighted by Gasteiger charge is 2.33. The maximum atomic E-state index is 13.3. The quantitative estimate of drug-likeness (QED) is 0.878. The van der Waals surface area contributed by atoms with Crippen LogP contribution in [0, 0.1) is 5.82 Å². The summed E-state index contributed by atoms with van der Waals surface area (Å²) in [6.07, 6.45) is -0.0568. The summed E-state index contributed by atoms with van der Waals surface area (Å²) in [4.78, 5) is 0. The summed E-state index contributed by atoms with van der Waals surface area (Å²) in [6, 6.07) is 15.3. The maximum Gasteiger partial charge on any atom is 0.137 e. The fourth-order valence-electron chi connectivity index (χ4n) is 2.61. The molecule has 0 radical (unpaired) electrons. The summed E-state index contributed by atoms with van der Waals surface area (Å²) >= 11 is 3.22. The van der Waals surface area contributed by atoms with Gasteiger partial charge in [0.25, 0.3) is 0 Å². The molecule has 1 aliphatic heterocycles. The van der Waals surface area contributed by atoms with Crippen molar-refractivity contribution in [2.75, 3.05) is 13.2 Å². The lowest BCUT2D eigenvalue weighted by atomic mass is 9.90. The van der Waals surface area contributed by atoms with Crippen LogP contribution in [0.5, 0.6) is 0 Å². The molecule has 0 spiro atoms. The molecule has 2 aromatic rings. The molecular weight excluding hydrogens is 333 g/mol. The summed E-state index contributed by atoms with van der Waals surface area (Å²) in [5.74, 6) is -0.253. The van der Waals surface area contributed by atoms with E-state index in [1.54, 1.807) is 12.1 Å². The lowest BCUT2D eigenvalue weighted by Gasteiger charge is -2.39. The third kappa shape index (κ3) is 3.03. The Morgan fingerprint density at radius 2 is 2.00 bits per heavy atom. The van der Waals surface area contributed by atoms with Gasteiger partial charge in [0.2, 0.25) is 0 Å². The van der Waals surface area contributed by atoms with Crippen LogP contribution in [0.2, 0.25) is 0 Å². The van der Waals surface area contributed by atoms with E-state index in [1.165, 1.54) is 11.6 Å². The standard InChI is InChI=1S/C17H17BrFNO/c1-17(13-5-3-2-4-6-13)11-21-16(10-20-17)12-7-8-15(19)14(18)9-12/h2-9,16,20H,10-11H2,1H3. The van der Waals surface area contributed by atoms with E-state index < -0.39 is 0 Å². The summed E-state index contributed by atoms with van der Waals surface area (Å²) in [7, 11) is 0. The van der Waals surface area contributed by atoms with E-state index in [2.05, 4.69) is 40.3 Å². The van der Waals surface area contributed by atoms with Crippen molar-refractivity contribution in [1.29, 1.82) is 0 Å². The van der Waals surface area contributed by atoms with Gasteiger partial charge in [-0.15, -0.1) is 0 Å². The molecule has 21 heavy (non-hydrogen) atoms. The molecule has 110 valence electrons. The number of halogens is 2. The van der Waals surface area contributed by atoms with E-state index in [-0.39, 0.29) is 17.5 Å². The highest BCUT2D eigenvalue weighted by atomic mass is 79.9. The van der Waals surface area contributed by atoms with E-state index >= 15 is 0 Å². The van der Waals surface area contributed by atoms with Gasteiger partial charge in [-0.05, 0) is 46.1 Å². The average Bonchev–Trinajstić information content (AvgIpc) is 2.52. The Morgan fingerprint density at radius 3 is 2.62 bits per heavy atom. The van der Waals surface area contributed by atoms with Crippen molar-refractivity contribution in [1.82, 2.24) is 5.32 Å². The van der Waals surface area contributed by atoms with Crippen LogP contribution in [0.1, 0.15) is 24.2 Å². The maximum absolute atomic E-state index is 13.3. The molecule has 2 unspecified atom stereocenters. The van der Waals surface area contributed by atoms with Crippen LogP contribution < -0.4 is 5.32 Å². The normalized spacial score (nSPS) is 25.8. The van der Waals surface area contributed by atoms with E-state index in [4.69, 9.17) is 4.74 Å². The monoisotopic (exact) mass is 349 g/mol. The molecule has 2 nitrogen and oxygen atoms in total. The summed E-state index contributed by atoms with van der Waals surface area (Å²) in [6.45, 7) is 3.42. The fourth-order valence-corrected chi connectivity index (χ4v) is 3.01. The van der Waals surface area contributed by atoms with Gasteiger partial charge in [0.15, 0.2) is 0 Å². The summed E-state index contributed by atoms with van der Waals surface area (Å²) in [5.41, 5.74) is 2.00. The Hall–Kier alpha value is -1.23. The van der Waals surface area contributed by atoms with Gasteiger partial charge < -0.3 is 10.1 Å². The van der Waals surface area contributed by atoms with Crippen molar-refractivity contribution < 1.29 is 9.13 Å². The first kappa shape index (κ1) is 14.7. The van der Waals surface area contributed by atoms with Gasteiger partial charge in [-0.3, -0.25) is 0 Å². The molecule has 1 N–H and O–H groups in total. The largest absolute Gasteiger partial charge is 0.370 e. The second-order valence-electron chi connectivity index (χ2n) is 5.55. The van der Waals surface area contributed by atoms with Crippen molar-refractivity contribution in [3.05, 3.63) is 69.9 Å². The second kappa shape index (κ2) is 5.87. The Kier molecular flexibility index (Phi) is 4.11. The molecule has 1 saturated heterocycles. The molecule has 0 amide bonds. The lowest BCUT2D eigenvalue weighted by molar-refractivity contribution is -0.0308. The summed E-state index contributed by atoms with van der Waals surface area (Å²) in [5, 5.41) is 3.56. The first-order valence-electron chi connectivity index (χ1n) is 6.96. The van der Waals surface area contributed by atoms with Crippen LogP contribution in [0.4, 0.5) is 4.39 Å². The Bertz CT molecular complexity index is 624. The van der Waals surface area contributed by atoms with E-state index in [1.807, 2.05) is 18.2 Å². The first-order chi connectivity index (χ1) is 10.1. The number of hydrogen-bond acceptors (Lipinski definition) is 2. The van der Waals surface area contributed by atoms with E-state index in [0.29, 0.717) is 17.6 Å². The molecule has 2 aromatic carbocycles. The molecule has 0 saturated carbocycles. The highest BCUT2D eigenvalue weighted by molar-refractivity contribution is 9.10. The van der Waals surface area contributed by atoms with Gasteiger partial charge in [-0.1, -0.05) is 36.4 Å². The molecule has 4 heteroatoms. The van der Waals surface area contributed by atoms with Crippen molar-refractivity contribution in [2.24, 2.45) is 0 Å². The predicted octanol–water partition coefficient (Wildman–Crippen LogP) is 4.16. The average molecular weight is 350 g/mol. The van der Waals surface area contributed by atoms with Crippen molar-refractivity contribution >= 4 is 15.9 Å². The van der Waals surface area contributed by atoms with Gasteiger partial charge in [-0.25, -0.2) is 4.39 Å². The third-order valence-electron chi connectivity index (χ3n) is 3.98. The number of ether oxygens (including phenoxy) is 1. The molecule has 0 aromatic heterocycles. The van der Waals surface area contributed by atoms with Crippen molar-refractivity contribution in [2.45, 2.75) is 18.6 Å².